The summed E-state index contributed by atoms with van der Waals surface area (Å²) in [5.41, 5.74) is 1.25. The lowest BCUT2D eigenvalue weighted by atomic mass is 10.2. The summed E-state index contributed by atoms with van der Waals surface area (Å²) in [7, 11) is 1.64. The number of aromatic nitrogens is 1. The van der Waals surface area contributed by atoms with Crippen LogP contribution in [0.2, 0.25) is 0 Å². The summed E-state index contributed by atoms with van der Waals surface area (Å²) in [6.07, 6.45) is 0.234. The van der Waals surface area contributed by atoms with Gasteiger partial charge in [0.05, 0.1) is 19.2 Å². The number of ether oxygens (including phenoxy) is 2. The molecule has 1 aliphatic heterocycles. The third kappa shape index (κ3) is 6.55. The first-order valence-electron chi connectivity index (χ1n) is 11.2. The molecule has 2 heterocycles. The average molecular weight is 481 g/mol. The van der Waals surface area contributed by atoms with E-state index in [4.69, 9.17) is 9.47 Å². The van der Waals surface area contributed by atoms with Crippen LogP contribution in [0, 0.1) is 0 Å². The Bertz CT molecular complexity index is 1080. The third-order valence-corrected chi connectivity index (χ3v) is 6.41. The zero-order valence-corrected chi connectivity index (χ0v) is 19.9. The summed E-state index contributed by atoms with van der Waals surface area (Å²) in [4.78, 5) is 33.6. The highest BCUT2D eigenvalue weighted by molar-refractivity contribution is 7.14. The first-order valence-corrected chi connectivity index (χ1v) is 12.1. The Morgan fingerprint density at radius 2 is 1.71 bits per heavy atom. The summed E-state index contributed by atoms with van der Waals surface area (Å²) in [5.74, 6) is 1.47. The molecule has 9 heteroatoms. The number of amides is 2. The van der Waals surface area contributed by atoms with Crippen LogP contribution in [0.4, 0.5) is 5.13 Å². The molecule has 2 aromatic carbocycles. The van der Waals surface area contributed by atoms with Gasteiger partial charge in [-0.25, -0.2) is 4.98 Å². The van der Waals surface area contributed by atoms with Crippen molar-refractivity contribution in [1.82, 2.24) is 14.8 Å². The molecule has 0 bridgehead atoms. The molecule has 34 heavy (non-hydrogen) atoms. The molecule has 1 fully saturated rings. The fraction of sp³-hybridized carbons (Fsp3) is 0.320. The molecular weight excluding hydrogens is 452 g/mol. The van der Waals surface area contributed by atoms with Gasteiger partial charge in [0.25, 0.3) is 5.91 Å². The molecule has 0 spiro atoms. The third-order valence-electron chi connectivity index (χ3n) is 5.60. The topological polar surface area (TPSA) is 84.0 Å². The van der Waals surface area contributed by atoms with Crippen LogP contribution < -0.4 is 14.8 Å². The van der Waals surface area contributed by atoms with Crippen LogP contribution >= 0.6 is 11.3 Å². The lowest BCUT2D eigenvalue weighted by Crippen LogP contribution is -2.50. The number of hydrogen-bond donors (Lipinski definition) is 1. The minimum atomic E-state index is -0.208. The Morgan fingerprint density at radius 3 is 2.41 bits per heavy atom. The van der Waals surface area contributed by atoms with E-state index in [9.17, 15) is 9.59 Å². The van der Waals surface area contributed by atoms with Crippen molar-refractivity contribution in [2.45, 2.75) is 6.42 Å². The Balaban J connectivity index is 1.17. The van der Waals surface area contributed by atoms with Crippen LogP contribution in [0.1, 0.15) is 16.1 Å². The number of nitrogens with zero attached hydrogens (tertiary/aromatic N) is 3. The molecule has 0 radical (unpaired) electrons. The van der Waals surface area contributed by atoms with E-state index in [1.807, 2.05) is 52.7 Å². The fourth-order valence-corrected chi connectivity index (χ4v) is 4.36. The van der Waals surface area contributed by atoms with E-state index >= 15 is 0 Å². The van der Waals surface area contributed by atoms with Crippen molar-refractivity contribution in [3.63, 3.8) is 0 Å². The molecule has 178 valence electrons. The van der Waals surface area contributed by atoms with E-state index in [-0.39, 0.29) is 18.2 Å². The second-order valence-electron chi connectivity index (χ2n) is 7.89. The van der Waals surface area contributed by atoms with Gasteiger partial charge in [0.2, 0.25) is 5.91 Å². The lowest BCUT2D eigenvalue weighted by Gasteiger charge is -2.34. The van der Waals surface area contributed by atoms with Crippen molar-refractivity contribution in [3.05, 3.63) is 71.2 Å². The Morgan fingerprint density at radius 1 is 1.00 bits per heavy atom. The van der Waals surface area contributed by atoms with Crippen LogP contribution in [-0.4, -0.2) is 73.0 Å². The molecule has 1 aromatic heterocycles. The molecule has 0 unspecified atom stereocenters. The number of carbonyl (C=O) groups is 2. The standard InChI is InChI=1S/C25H28N4O4S/c1-32-21-7-9-22(10-8-21)33-16-15-28-11-13-29(14-12-28)23(30)17-20-18-34-25(26-20)27-24(31)19-5-3-2-4-6-19/h2-10,18H,11-17H2,1H3,(H,26,27,31). The monoisotopic (exact) mass is 480 g/mol. The molecule has 0 atom stereocenters. The summed E-state index contributed by atoms with van der Waals surface area (Å²) < 4.78 is 11.0. The van der Waals surface area contributed by atoms with Crippen molar-refractivity contribution in [2.75, 3.05) is 51.8 Å². The molecule has 3 aromatic rings. The fourth-order valence-electron chi connectivity index (χ4n) is 3.66. The number of hydrogen-bond acceptors (Lipinski definition) is 7. The highest BCUT2D eigenvalue weighted by Gasteiger charge is 2.22. The van der Waals surface area contributed by atoms with Gasteiger partial charge in [-0.05, 0) is 36.4 Å². The van der Waals surface area contributed by atoms with Crippen molar-refractivity contribution in [2.24, 2.45) is 0 Å². The van der Waals surface area contributed by atoms with Gasteiger partial charge in [0, 0.05) is 43.7 Å². The largest absolute Gasteiger partial charge is 0.497 e. The molecule has 1 aliphatic rings. The van der Waals surface area contributed by atoms with Crippen LogP contribution in [0.3, 0.4) is 0 Å². The Hall–Kier alpha value is -3.43. The minimum absolute atomic E-state index is 0.0559. The van der Waals surface area contributed by atoms with Crippen molar-refractivity contribution >= 4 is 28.3 Å². The number of methoxy groups -OCH3 is 1. The predicted molar refractivity (Wildman–Crippen MR) is 132 cm³/mol. The number of anilines is 1. The van der Waals surface area contributed by atoms with Crippen LogP contribution in [-0.2, 0) is 11.2 Å². The molecule has 0 saturated carbocycles. The zero-order chi connectivity index (χ0) is 23.8. The minimum Gasteiger partial charge on any atom is -0.497 e. The highest BCUT2D eigenvalue weighted by atomic mass is 32.1. The zero-order valence-electron chi connectivity index (χ0n) is 19.1. The number of rotatable bonds is 9. The van der Waals surface area contributed by atoms with Gasteiger partial charge < -0.3 is 14.4 Å². The van der Waals surface area contributed by atoms with Crippen LogP contribution in [0.5, 0.6) is 11.5 Å². The maximum absolute atomic E-state index is 12.7. The molecule has 4 rings (SSSR count). The first-order chi connectivity index (χ1) is 16.6. The first kappa shape index (κ1) is 23.7. The van der Waals surface area contributed by atoms with Crippen LogP contribution in [0.25, 0.3) is 0 Å². The normalized spacial score (nSPS) is 14.0. The lowest BCUT2D eigenvalue weighted by molar-refractivity contribution is -0.132. The van der Waals surface area contributed by atoms with Crippen LogP contribution in [0.15, 0.2) is 60.0 Å². The molecule has 8 nitrogen and oxygen atoms in total. The van der Waals surface area contributed by atoms with Gasteiger partial charge in [-0.2, -0.15) is 0 Å². The quantitative estimate of drug-likeness (QED) is 0.507. The van der Waals surface area contributed by atoms with Crippen molar-refractivity contribution < 1.29 is 19.1 Å². The number of thiazole rings is 1. The molecular formula is C25H28N4O4S. The second kappa shape index (κ2) is 11.6. The molecule has 1 saturated heterocycles. The van der Waals surface area contributed by atoms with Gasteiger partial charge >= 0.3 is 0 Å². The van der Waals surface area contributed by atoms with Gasteiger partial charge in [0.1, 0.15) is 18.1 Å². The summed E-state index contributed by atoms with van der Waals surface area (Å²) in [5, 5.41) is 5.12. The average Bonchev–Trinajstić information content (AvgIpc) is 3.31. The summed E-state index contributed by atoms with van der Waals surface area (Å²) in [6, 6.07) is 16.5. The number of benzene rings is 2. The summed E-state index contributed by atoms with van der Waals surface area (Å²) in [6.45, 7) is 4.40. The predicted octanol–water partition coefficient (Wildman–Crippen LogP) is 3.17. The van der Waals surface area contributed by atoms with Gasteiger partial charge in [-0.3, -0.25) is 19.8 Å². The SMILES string of the molecule is COc1ccc(OCCN2CCN(C(=O)Cc3csc(NC(=O)c4ccccc4)n3)CC2)cc1. The number of nitrogens with one attached hydrogen (secondary N) is 1. The second-order valence-corrected chi connectivity index (χ2v) is 8.75. The van der Waals surface area contributed by atoms with Crippen molar-refractivity contribution in [3.8, 4) is 11.5 Å². The molecule has 2 amide bonds. The Kier molecular flexibility index (Phi) is 8.11. The van der Waals surface area contributed by atoms with Gasteiger partial charge in [-0.15, -0.1) is 11.3 Å². The van der Waals surface area contributed by atoms with E-state index < -0.39 is 0 Å². The van der Waals surface area contributed by atoms with E-state index in [0.29, 0.717) is 36.1 Å². The summed E-state index contributed by atoms with van der Waals surface area (Å²) >= 11 is 1.33. The number of carbonyl (C=O) groups excluding carboxylic acids is 2. The van der Waals surface area contributed by atoms with E-state index in [1.54, 1.807) is 19.2 Å². The molecule has 1 N–H and O–H groups in total. The smallest absolute Gasteiger partial charge is 0.257 e. The van der Waals surface area contributed by atoms with E-state index in [1.165, 1.54) is 11.3 Å². The maximum Gasteiger partial charge on any atom is 0.257 e. The van der Waals surface area contributed by atoms with Gasteiger partial charge in [-0.1, -0.05) is 18.2 Å². The van der Waals surface area contributed by atoms with Gasteiger partial charge in [0.15, 0.2) is 5.13 Å². The van der Waals surface area contributed by atoms with E-state index in [2.05, 4.69) is 15.2 Å². The Labute approximate surface area is 203 Å². The highest BCUT2D eigenvalue weighted by Crippen LogP contribution is 2.19. The molecule has 0 aliphatic carbocycles. The van der Waals surface area contributed by atoms with E-state index in [0.717, 1.165) is 31.1 Å². The van der Waals surface area contributed by atoms with Crippen molar-refractivity contribution in [1.29, 1.82) is 0 Å². The number of piperazine rings is 1. The maximum atomic E-state index is 12.7.